The van der Waals surface area contributed by atoms with Crippen molar-refractivity contribution in [2.24, 2.45) is 7.05 Å². The lowest BCUT2D eigenvalue weighted by molar-refractivity contribution is -0.137. The standard InChI is InChI=1S/C26H26ClF6N11O/c1-13-16(7-39-43(13)2)19-10-35-20(11-34-19)44(24(45)37-12-25(28,29)30)15-5-3-14(4-6-15)40-23-36-8-17(26(31,32)33)21(41-23)22-18(27)9-38-42-22/h7-11,14-15H,3-6,12H2,1-2H3,(H,37,45)(H,38,42)(H,36,40,41)/t14-,15-. The summed E-state index contributed by atoms with van der Waals surface area (Å²) in [5.74, 6) is -0.0320. The molecule has 1 fully saturated rings. The number of nitrogens with one attached hydrogen (secondary N) is 3. The molecule has 0 atom stereocenters. The lowest BCUT2D eigenvalue weighted by Crippen LogP contribution is -2.50. The van der Waals surface area contributed by atoms with Crippen LogP contribution < -0.4 is 15.5 Å². The Hall–Kier alpha value is -4.48. The molecular weight excluding hydrogens is 632 g/mol. The molecule has 0 aliphatic heterocycles. The van der Waals surface area contributed by atoms with E-state index >= 15 is 0 Å². The van der Waals surface area contributed by atoms with Crippen LogP contribution in [0.15, 0.2) is 31.0 Å². The highest BCUT2D eigenvalue weighted by molar-refractivity contribution is 6.32. The SMILES string of the molecule is Cc1c(-c2cnc(N(C(=O)NCC(F)(F)F)[C@H]3CC[C@H](Nc4ncc(C(F)(F)F)c(-c5n[nH]cc5Cl)n4)CC3)cn2)cnn1C. The van der Waals surface area contributed by atoms with Crippen LogP contribution in [0.25, 0.3) is 22.6 Å². The van der Waals surface area contributed by atoms with Gasteiger partial charge in [-0.05, 0) is 32.6 Å². The first-order chi connectivity index (χ1) is 21.2. The third-order valence-corrected chi connectivity index (χ3v) is 7.65. The van der Waals surface area contributed by atoms with E-state index in [2.05, 4.69) is 40.5 Å². The molecule has 240 valence electrons. The van der Waals surface area contributed by atoms with E-state index in [4.69, 9.17) is 11.6 Å². The molecule has 0 unspecified atom stereocenters. The molecule has 1 saturated carbocycles. The maximum atomic E-state index is 13.6. The van der Waals surface area contributed by atoms with Gasteiger partial charge in [0.05, 0.1) is 29.3 Å². The summed E-state index contributed by atoms with van der Waals surface area (Å²) in [6, 6.07) is -1.86. The molecule has 0 aromatic carbocycles. The van der Waals surface area contributed by atoms with Gasteiger partial charge in [0.15, 0.2) is 5.82 Å². The van der Waals surface area contributed by atoms with Gasteiger partial charge in [-0.1, -0.05) is 11.6 Å². The van der Waals surface area contributed by atoms with Crippen molar-refractivity contribution in [2.75, 3.05) is 16.8 Å². The molecule has 4 aromatic heterocycles. The molecule has 5 rings (SSSR count). The molecule has 0 radical (unpaired) electrons. The fourth-order valence-electron chi connectivity index (χ4n) is 4.99. The Morgan fingerprint density at radius 1 is 1.04 bits per heavy atom. The van der Waals surface area contributed by atoms with Gasteiger partial charge >= 0.3 is 18.4 Å². The molecule has 1 aliphatic carbocycles. The van der Waals surface area contributed by atoms with E-state index in [1.54, 1.807) is 17.9 Å². The summed E-state index contributed by atoms with van der Waals surface area (Å²) in [6.07, 6.45) is -1.77. The van der Waals surface area contributed by atoms with E-state index in [1.165, 1.54) is 18.6 Å². The first kappa shape index (κ1) is 31.9. The normalized spacial score (nSPS) is 17.3. The first-order valence-corrected chi connectivity index (χ1v) is 13.9. The van der Waals surface area contributed by atoms with Crippen molar-refractivity contribution in [1.82, 2.24) is 45.2 Å². The molecule has 1 aliphatic rings. The number of alkyl halides is 6. The summed E-state index contributed by atoms with van der Waals surface area (Å²) >= 11 is 6.00. The first-order valence-electron chi connectivity index (χ1n) is 13.6. The largest absolute Gasteiger partial charge is 0.420 e. The van der Waals surface area contributed by atoms with E-state index in [0.717, 1.165) is 10.6 Å². The van der Waals surface area contributed by atoms with Crippen LogP contribution in [0.2, 0.25) is 5.02 Å². The second-order valence-electron chi connectivity index (χ2n) is 10.4. The van der Waals surface area contributed by atoms with Gasteiger partial charge < -0.3 is 10.6 Å². The number of nitrogens with zero attached hydrogens (tertiary/aromatic N) is 8. The van der Waals surface area contributed by atoms with Crippen molar-refractivity contribution in [3.05, 3.63) is 47.3 Å². The molecule has 4 heterocycles. The lowest BCUT2D eigenvalue weighted by Gasteiger charge is -2.36. The molecule has 0 saturated heterocycles. The van der Waals surface area contributed by atoms with Crippen LogP contribution in [0.1, 0.15) is 36.9 Å². The molecule has 12 nitrogen and oxygen atoms in total. The van der Waals surface area contributed by atoms with E-state index in [0.29, 0.717) is 43.1 Å². The van der Waals surface area contributed by atoms with Crippen molar-refractivity contribution in [3.8, 4) is 22.6 Å². The van der Waals surface area contributed by atoms with E-state index in [9.17, 15) is 31.1 Å². The Balaban J connectivity index is 1.33. The number of rotatable bonds is 7. The van der Waals surface area contributed by atoms with E-state index < -0.39 is 42.2 Å². The topological polar surface area (TPSA) is 142 Å². The minimum atomic E-state index is -4.76. The summed E-state index contributed by atoms with van der Waals surface area (Å²) in [6.45, 7) is 0.303. The number of hydrogen-bond acceptors (Lipinski definition) is 8. The summed E-state index contributed by atoms with van der Waals surface area (Å²) < 4.78 is 81.4. The quantitative estimate of drug-likeness (QED) is 0.220. The van der Waals surface area contributed by atoms with Gasteiger partial charge in [-0.15, -0.1) is 0 Å². The third kappa shape index (κ3) is 7.26. The Morgan fingerprint density at radius 2 is 1.78 bits per heavy atom. The number of aromatic nitrogens is 8. The van der Waals surface area contributed by atoms with Crippen LogP contribution in [0.4, 0.5) is 42.9 Å². The maximum Gasteiger partial charge on any atom is 0.420 e. The number of anilines is 2. The molecule has 2 amide bonds. The lowest BCUT2D eigenvalue weighted by atomic mass is 9.90. The molecule has 3 N–H and O–H groups in total. The summed E-state index contributed by atoms with van der Waals surface area (Å²) in [4.78, 5) is 30.8. The van der Waals surface area contributed by atoms with Crippen LogP contribution in [-0.2, 0) is 13.2 Å². The van der Waals surface area contributed by atoms with Gasteiger partial charge in [0, 0.05) is 42.8 Å². The van der Waals surface area contributed by atoms with Crippen molar-refractivity contribution < 1.29 is 31.1 Å². The van der Waals surface area contributed by atoms with Crippen molar-refractivity contribution in [2.45, 2.75) is 57.0 Å². The summed E-state index contributed by atoms with van der Waals surface area (Å²) in [7, 11) is 1.76. The van der Waals surface area contributed by atoms with Crippen LogP contribution in [0.3, 0.4) is 0 Å². The number of carbonyl (C=O) groups is 1. The number of amides is 2. The predicted molar refractivity (Wildman–Crippen MR) is 150 cm³/mol. The Kier molecular flexibility index (Phi) is 8.86. The average molecular weight is 658 g/mol. The van der Waals surface area contributed by atoms with Crippen molar-refractivity contribution >= 4 is 29.4 Å². The molecule has 0 bridgehead atoms. The highest BCUT2D eigenvalue weighted by Crippen LogP contribution is 2.38. The fraction of sp³-hybridized carbons (Fsp3) is 0.423. The van der Waals surface area contributed by atoms with Gasteiger partial charge in [0.25, 0.3) is 0 Å². The van der Waals surface area contributed by atoms with Crippen molar-refractivity contribution in [3.63, 3.8) is 0 Å². The minimum Gasteiger partial charge on any atom is -0.351 e. The van der Waals surface area contributed by atoms with E-state index in [1.807, 2.05) is 12.2 Å². The third-order valence-electron chi connectivity index (χ3n) is 7.36. The smallest absolute Gasteiger partial charge is 0.351 e. The molecular formula is C26H26ClF6N11O. The highest BCUT2D eigenvalue weighted by atomic mass is 35.5. The molecule has 19 heteroatoms. The molecule has 0 spiro atoms. The van der Waals surface area contributed by atoms with Crippen LogP contribution in [0.5, 0.6) is 0 Å². The van der Waals surface area contributed by atoms with Gasteiger partial charge in [0.2, 0.25) is 5.95 Å². The van der Waals surface area contributed by atoms with E-state index in [-0.39, 0.29) is 28.5 Å². The Morgan fingerprint density at radius 3 is 2.33 bits per heavy atom. The zero-order valence-electron chi connectivity index (χ0n) is 23.7. The van der Waals surface area contributed by atoms with Gasteiger partial charge in [-0.2, -0.15) is 36.5 Å². The predicted octanol–water partition coefficient (Wildman–Crippen LogP) is 5.54. The number of hydrogen-bond donors (Lipinski definition) is 3. The number of aryl methyl sites for hydroxylation is 1. The number of urea groups is 1. The van der Waals surface area contributed by atoms with Crippen LogP contribution in [0, 0.1) is 6.92 Å². The zero-order chi connectivity index (χ0) is 32.5. The Bertz CT molecular complexity index is 1650. The average Bonchev–Trinajstić information content (AvgIpc) is 3.56. The molecule has 45 heavy (non-hydrogen) atoms. The highest BCUT2D eigenvalue weighted by Gasteiger charge is 2.38. The second-order valence-corrected chi connectivity index (χ2v) is 10.8. The van der Waals surface area contributed by atoms with Crippen LogP contribution >= 0.6 is 11.6 Å². The number of aromatic amines is 1. The number of H-pyrrole nitrogens is 1. The second kappa shape index (κ2) is 12.5. The minimum absolute atomic E-state index is 0.0544. The summed E-state index contributed by atoms with van der Waals surface area (Å²) in [5, 5.41) is 15.2. The fourth-order valence-corrected chi connectivity index (χ4v) is 5.17. The number of carbonyl (C=O) groups excluding carboxylic acids is 1. The number of halogens is 7. The molecule has 4 aromatic rings. The van der Waals surface area contributed by atoms with Crippen LogP contribution in [-0.4, -0.2) is 70.7 Å². The Labute approximate surface area is 256 Å². The van der Waals surface area contributed by atoms with Crippen molar-refractivity contribution in [1.29, 1.82) is 0 Å². The zero-order valence-corrected chi connectivity index (χ0v) is 24.5. The van der Waals surface area contributed by atoms with Gasteiger partial charge in [-0.25, -0.2) is 19.7 Å². The van der Waals surface area contributed by atoms with Gasteiger partial charge in [-0.3, -0.25) is 19.7 Å². The summed E-state index contributed by atoms with van der Waals surface area (Å²) in [5.41, 5.74) is 0.191. The maximum absolute atomic E-state index is 13.6. The van der Waals surface area contributed by atoms with Gasteiger partial charge in [0.1, 0.15) is 23.5 Å². The monoisotopic (exact) mass is 657 g/mol.